The van der Waals surface area contributed by atoms with Crippen LogP contribution in [0.5, 0.6) is 28.7 Å². The van der Waals surface area contributed by atoms with Gasteiger partial charge in [0.15, 0.2) is 5.76 Å². The van der Waals surface area contributed by atoms with Crippen molar-refractivity contribution in [1.82, 2.24) is 0 Å². The fourth-order valence-corrected chi connectivity index (χ4v) is 4.41. The number of aromatic hydroxyl groups is 4. The lowest BCUT2D eigenvalue weighted by atomic mass is 9.99. The van der Waals surface area contributed by atoms with E-state index in [1.807, 2.05) is 0 Å². The molecule has 0 amide bonds. The predicted molar refractivity (Wildman–Crippen MR) is 148 cm³/mol. The minimum absolute atomic E-state index is 0.0495. The first-order valence-electron chi connectivity index (χ1n) is 12.8. The summed E-state index contributed by atoms with van der Waals surface area (Å²) in [6.45, 7) is -0.583. The lowest BCUT2D eigenvalue weighted by molar-refractivity contribution is -0.278. The summed E-state index contributed by atoms with van der Waals surface area (Å²) < 4.78 is 22.2. The van der Waals surface area contributed by atoms with E-state index < -0.39 is 66.0 Å². The molecule has 7 N–H and O–H groups in total. The Morgan fingerprint density at radius 1 is 0.837 bits per heavy atom. The molecular formula is C30H26O13. The lowest BCUT2D eigenvalue weighted by Crippen LogP contribution is -2.60. The normalized spacial score (nSPS) is 22.1. The van der Waals surface area contributed by atoms with E-state index in [9.17, 15) is 45.3 Å². The zero-order valence-corrected chi connectivity index (χ0v) is 22.1. The van der Waals surface area contributed by atoms with E-state index in [1.165, 1.54) is 42.5 Å². The van der Waals surface area contributed by atoms with Crippen LogP contribution >= 0.6 is 0 Å². The summed E-state index contributed by atoms with van der Waals surface area (Å²) in [4.78, 5) is 25.8. The third-order valence-corrected chi connectivity index (χ3v) is 6.64. The number of phenols is 4. The van der Waals surface area contributed by atoms with E-state index in [2.05, 4.69) is 0 Å². The molecule has 2 heterocycles. The number of ether oxygens (including phenoxy) is 3. The van der Waals surface area contributed by atoms with Crippen molar-refractivity contribution in [3.8, 4) is 40.1 Å². The van der Waals surface area contributed by atoms with Gasteiger partial charge < -0.3 is 54.4 Å². The first kappa shape index (κ1) is 29.4. The number of fused-ring (bicyclic) bond motifs is 1. The van der Waals surface area contributed by atoms with Gasteiger partial charge in [0, 0.05) is 23.8 Å². The summed E-state index contributed by atoms with van der Waals surface area (Å²) in [6.07, 6.45) is -6.17. The van der Waals surface area contributed by atoms with Gasteiger partial charge in [0.2, 0.25) is 17.5 Å². The van der Waals surface area contributed by atoms with Crippen molar-refractivity contribution in [2.75, 3.05) is 6.61 Å². The van der Waals surface area contributed by atoms with Crippen molar-refractivity contribution in [3.05, 3.63) is 82.5 Å². The molecule has 43 heavy (non-hydrogen) atoms. The molecule has 5 atom stereocenters. The molecule has 0 spiro atoms. The minimum atomic E-state index is -1.90. The molecule has 0 bridgehead atoms. The first-order valence-corrected chi connectivity index (χ1v) is 12.8. The van der Waals surface area contributed by atoms with Crippen LogP contribution in [0.3, 0.4) is 0 Å². The van der Waals surface area contributed by atoms with Crippen molar-refractivity contribution in [2.45, 2.75) is 30.7 Å². The highest BCUT2D eigenvalue weighted by Gasteiger charge is 2.46. The summed E-state index contributed by atoms with van der Waals surface area (Å²) >= 11 is 0. The first-order chi connectivity index (χ1) is 20.5. The fraction of sp³-hybridized carbons (Fsp3) is 0.200. The van der Waals surface area contributed by atoms with E-state index in [0.717, 1.165) is 18.2 Å². The monoisotopic (exact) mass is 594 g/mol. The summed E-state index contributed by atoms with van der Waals surface area (Å²) in [5.41, 5.74) is -0.328. The average molecular weight is 595 g/mol. The molecule has 1 aliphatic heterocycles. The molecular weight excluding hydrogens is 568 g/mol. The number of aliphatic hydroxyl groups excluding tert-OH is 3. The highest BCUT2D eigenvalue weighted by atomic mass is 16.7. The number of carbonyl (C=O) groups is 1. The lowest BCUT2D eigenvalue weighted by Gasteiger charge is -2.39. The molecule has 13 nitrogen and oxygen atoms in total. The maximum Gasteiger partial charge on any atom is 0.330 e. The smallest absolute Gasteiger partial charge is 0.330 e. The number of benzene rings is 3. The molecule has 1 saturated heterocycles. The largest absolute Gasteiger partial charge is 0.508 e. The van der Waals surface area contributed by atoms with Gasteiger partial charge in [-0.05, 0) is 48.0 Å². The van der Waals surface area contributed by atoms with E-state index in [-0.39, 0.29) is 33.8 Å². The van der Waals surface area contributed by atoms with Gasteiger partial charge in [0.05, 0.1) is 0 Å². The van der Waals surface area contributed by atoms with Gasteiger partial charge >= 0.3 is 5.97 Å². The van der Waals surface area contributed by atoms with Crippen molar-refractivity contribution in [2.24, 2.45) is 0 Å². The number of rotatable bonds is 7. The van der Waals surface area contributed by atoms with Crippen molar-refractivity contribution in [1.29, 1.82) is 0 Å². The van der Waals surface area contributed by atoms with E-state index in [4.69, 9.17) is 18.6 Å². The molecule has 0 unspecified atom stereocenters. The zero-order valence-electron chi connectivity index (χ0n) is 22.1. The Hall–Kier alpha value is -5.08. The Balaban J connectivity index is 1.42. The number of hydrogen-bond acceptors (Lipinski definition) is 13. The molecule has 0 saturated carbocycles. The Bertz CT molecular complexity index is 1710. The Morgan fingerprint density at radius 2 is 1.49 bits per heavy atom. The zero-order chi connectivity index (χ0) is 30.8. The molecule has 1 aromatic heterocycles. The van der Waals surface area contributed by atoms with Crippen molar-refractivity contribution in [3.63, 3.8) is 0 Å². The van der Waals surface area contributed by atoms with Gasteiger partial charge in [-0.1, -0.05) is 12.1 Å². The topological polar surface area (TPSA) is 217 Å². The highest BCUT2D eigenvalue weighted by Crippen LogP contribution is 2.37. The molecule has 3 aromatic carbocycles. The maximum absolute atomic E-state index is 13.5. The third kappa shape index (κ3) is 6.24. The van der Waals surface area contributed by atoms with Gasteiger partial charge in [0.25, 0.3) is 0 Å². The second-order valence-electron chi connectivity index (χ2n) is 9.66. The maximum atomic E-state index is 13.5. The molecule has 4 aromatic rings. The molecule has 0 aliphatic carbocycles. The van der Waals surface area contributed by atoms with Crippen molar-refractivity contribution < 1.29 is 59.2 Å². The van der Waals surface area contributed by atoms with E-state index in [0.29, 0.717) is 5.56 Å². The summed E-state index contributed by atoms with van der Waals surface area (Å²) in [5.74, 6) is -2.70. The van der Waals surface area contributed by atoms with Crippen LogP contribution in [0, 0.1) is 0 Å². The van der Waals surface area contributed by atoms with Gasteiger partial charge in [0.1, 0.15) is 65.0 Å². The third-order valence-electron chi connectivity index (χ3n) is 6.64. The van der Waals surface area contributed by atoms with Crippen molar-refractivity contribution >= 4 is 23.0 Å². The van der Waals surface area contributed by atoms with Gasteiger partial charge in [-0.2, -0.15) is 0 Å². The van der Waals surface area contributed by atoms with Gasteiger partial charge in [-0.25, -0.2) is 4.79 Å². The van der Waals surface area contributed by atoms with Crippen LogP contribution < -0.4 is 10.2 Å². The number of phenolic OH excluding ortho intramolecular Hbond substituents is 4. The standard InChI is InChI=1S/C30H26O13/c31-16-6-1-14(2-7-16)3-10-22(35)40-13-21-24(36)26(38)27(39)30(42-21)43-29-25(37)23-19(34)11-18(33)12-20(23)41-28(29)15-4-8-17(32)9-5-15/h1-12,21,24,26-27,30-34,36,38-39H,13H2/b10-3+/t21-,24-,26+,27-,30-/m0/s1. The second-order valence-corrected chi connectivity index (χ2v) is 9.66. The fourth-order valence-electron chi connectivity index (χ4n) is 4.41. The Kier molecular flexibility index (Phi) is 8.23. The number of hydrogen-bond donors (Lipinski definition) is 7. The molecule has 1 fully saturated rings. The van der Waals surface area contributed by atoms with E-state index >= 15 is 0 Å². The van der Waals surface area contributed by atoms with Crippen LogP contribution in [0.25, 0.3) is 28.4 Å². The number of carbonyl (C=O) groups excluding carboxylic acids is 1. The predicted octanol–water partition coefficient (Wildman–Crippen LogP) is 1.73. The van der Waals surface area contributed by atoms with Crippen LogP contribution in [0.15, 0.2) is 76.0 Å². The summed E-state index contributed by atoms with van der Waals surface area (Å²) in [7, 11) is 0. The quantitative estimate of drug-likeness (QED) is 0.120. The summed E-state index contributed by atoms with van der Waals surface area (Å²) in [5, 5.41) is 70.6. The van der Waals surface area contributed by atoms with Crippen LogP contribution in [0.4, 0.5) is 0 Å². The Morgan fingerprint density at radius 3 is 2.16 bits per heavy atom. The van der Waals surface area contributed by atoms with Gasteiger partial charge in [-0.3, -0.25) is 4.79 Å². The molecule has 5 rings (SSSR count). The highest BCUT2D eigenvalue weighted by molar-refractivity contribution is 5.88. The van der Waals surface area contributed by atoms with Crippen LogP contribution in [0.2, 0.25) is 0 Å². The van der Waals surface area contributed by atoms with Gasteiger partial charge in [-0.15, -0.1) is 0 Å². The molecule has 224 valence electrons. The number of aliphatic hydroxyl groups is 3. The van der Waals surface area contributed by atoms with E-state index in [1.54, 1.807) is 12.1 Å². The second kappa shape index (κ2) is 12.0. The van der Waals surface area contributed by atoms with Crippen LogP contribution in [-0.4, -0.2) is 79.0 Å². The molecule has 0 radical (unpaired) electrons. The van der Waals surface area contributed by atoms with Crippen LogP contribution in [-0.2, 0) is 14.3 Å². The average Bonchev–Trinajstić information content (AvgIpc) is 2.97. The Labute approximate surface area is 242 Å². The summed E-state index contributed by atoms with van der Waals surface area (Å²) in [6, 6.07) is 13.4. The van der Waals surface area contributed by atoms with Crippen LogP contribution in [0.1, 0.15) is 5.56 Å². The molecule has 1 aliphatic rings. The SMILES string of the molecule is O=C(/C=C/c1ccc(O)cc1)OC[C@@H]1O[C@@H](Oc2c(-c3ccc(O)cc3)oc3cc(O)cc(O)c3c2=O)[C@@H](O)[C@H](O)[C@H]1O. The minimum Gasteiger partial charge on any atom is -0.508 e. The molecule has 13 heteroatoms. The number of esters is 1.